The van der Waals surface area contributed by atoms with Gasteiger partial charge in [0, 0.05) is 18.8 Å². The normalized spacial score (nSPS) is 12.1. The van der Waals surface area contributed by atoms with Gasteiger partial charge < -0.3 is 35.6 Å². The first-order chi connectivity index (χ1) is 27.9. The molecule has 340 valence electrons. The van der Waals surface area contributed by atoms with Crippen LogP contribution >= 0.6 is 0 Å². The van der Waals surface area contributed by atoms with E-state index in [0.717, 1.165) is 32.1 Å². The summed E-state index contributed by atoms with van der Waals surface area (Å²) in [4.78, 5) is 58.4. The van der Waals surface area contributed by atoms with E-state index in [0.29, 0.717) is 12.8 Å². The van der Waals surface area contributed by atoms with Crippen molar-refractivity contribution in [3.05, 3.63) is 0 Å². The number of hydrogen-bond donors (Lipinski definition) is 4. The Morgan fingerprint density at radius 1 is 0.458 bits per heavy atom. The molecule has 0 saturated heterocycles. The van der Waals surface area contributed by atoms with Crippen molar-refractivity contribution in [2.45, 2.75) is 257 Å². The molecule has 13 heteroatoms. The molecule has 2 atom stereocenters. The fourth-order valence-corrected chi connectivity index (χ4v) is 6.83. The summed E-state index contributed by atoms with van der Waals surface area (Å²) in [7, 11) is 0. The molecule has 59 heavy (non-hydrogen) atoms. The maximum atomic E-state index is 11.8. The minimum absolute atomic E-state index is 0. The van der Waals surface area contributed by atoms with E-state index >= 15 is 0 Å². The first kappa shape index (κ1) is 60.9. The van der Waals surface area contributed by atoms with E-state index in [-0.39, 0.29) is 54.6 Å². The number of nitrogens with zero attached hydrogens (tertiary/aromatic N) is 1. The Bertz CT molecular complexity index is 1060. The van der Waals surface area contributed by atoms with Crippen LogP contribution in [0.1, 0.15) is 245 Å². The Balaban J connectivity index is -0.00000105. The zero-order chi connectivity index (χ0) is 43.5. The molecule has 0 bridgehead atoms. The van der Waals surface area contributed by atoms with Gasteiger partial charge >= 0.3 is 41.0 Å². The molecule has 0 aliphatic heterocycles. The average molecular weight is 849 g/mol. The number of carbonyl (C=O) groups excluding carboxylic acids is 2. The van der Waals surface area contributed by atoms with E-state index in [1.165, 1.54) is 154 Å². The monoisotopic (exact) mass is 849 g/mol. The number of hydrogen-bond acceptors (Lipinski definition) is 8. The second-order valence-electron chi connectivity index (χ2n) is 16.1. The molecule has 0 aliphatic carbocycles. The molecular formula is C46H84MgN2O10. The molecule has 0 aliphatic rings. The molecule has 0 fully saturated rings. The Hall–Kier alpha value is -2.41. The van der Waals surface area contributed by atoms with Crippen molar-refractivity contribution in [3.8, 4) is 0 Å². The molecule has 0 rings (SSSR count). The summed E-state index contributed by atoms with van der Waals surface area (Å²) in [5.41, 5.74) is 0. The Morgan fingerprint density at radius 3 is 1.10 bits per heavy atom. The quantitative estimate of drug-likeness (QED) is 0.0198. The number of unbranched alkanes of at least 4 members (excludes halogenated alkanes) is 28. The maximum absolute atomic E-state index is 11.8. The zero-order valence-electron chi connectivity index (χ0n) is 37.5. The van der Waals surface area contributed by atoms with E-state index in [2.05, 4.69) is 24.2 Å². The van der Waals surface area contributed by atoms with Crippen LogP contribution in [0.2, 0.25) is 0 Å². The molecule has 12 nitrogen and oxygen atoms in total. The summed E-state index contributed by atoms with van der Waals surface area (Å²) >= 11 is 0. The van der Waals surface area contributed by atoms with Gasteiger partial charge in [-0.05, 0) is 44.4 Å². The fraction of sp³-hybridized carbons (Fsp3) is 0.870. The van der Waals surface area contributed by atoms with Gasteiger partial charge in [0.2, 0.25) is 5.91 Å². The van der Waals surface area contributed by atoms with E-state index in [1.807, 2.05) is 0 Å². The van der Waals surface area contributed by atoms with Gasteiger partial charge in [0.15, 0.2) is 0 Å². The number of carboxylic acids is 4. The topological polar surface area (TPSA) is 217 Å². The van der Waals surface area contributed by atoms with Gasteiger partial charge in [0.05, 0.1) is 0 Å². The smallest absolute Gasteiger partial charge is 0.862 e. The first-order valence-electron chi connectivity index (χ1n) is 23.3. The number of aliphatic carboxylic acids is 4. The third-order valence-electron chi connectivity index (χ3n) is 10.5. The van der Waals surface area contributed by atoms with Crippen LogP contribution < -0.4 is 15.5 Å². The van der Waals surface area contributed by atoms with Crippen molar-refractivity contribution < 1.29 is 49.5 Å². The Labute approximate surface area is 374 Å². The minimum atomic E-state index is -1.33. The predicted octanol–water partition coefficient (Wildman–Crippen LogP) is 9.29. The van der Waals surface area contributed by atoms with E-state index in [4.69, 9.17) is 15.3 Å². The predicted molar refractivity (Wildman–Crippen MR) is 234 cm³/mol. The molecule has 0 saturated carbocycles. The summed E-state index contributed by atoms with van der Waals surface area (Å²) < 4.78 is 0. The molecule has 0 aromatic carbocycles. The molecule has 0 aromatic rings. The summed E-state index contributed by atoms with van der Waals surface area (Å²) in [6.07, 6.45) is 37.0. The Morgan fingerprint density at radius 2 is 0.797 bits per heavy atom. The van der Waals surface area contributed by atoms with Crippen LogP contribution in [0.25, 0.3) is 0 Å². The Kier molecular flexibility index (Phi) is 48.1. The zero-order valence-corrected chi connectivity index (χ0v) is 38.9. The molecule has 0 radical (unpaired) electrons. The molecule has 1 amide bonds. The molecule has 0 aromatic heterocycles. The molecule has 4 N–H and O–H groups in total. The van der Waals surface area contributed by atoms with Crippen LogP contribution in [0.3, 0.4) is 0 Å². The number of carbonyl (C=O) groups is 5. The van der Waals surface area contributed by atoms with Crippen molar-refractivity contribution in [3.63, 3.8) is 0 Å². The fourth-order valence-electron chi connectivity index (χ4n) is 6.83. The molecule has 2 unspecified atom stereocenters. The summed E-state index contributed by atoms with van der Waals surface area (Å²) in [5, 5.41) is 51.2. The van der Waals surface area contributed by atoms with E-state index in [1.54, 1.807) is 0 Å². The van der Waals surface area contributed by atoms with Gasteiger partial charge in [0.25, 0.3) is 0 Å². The van der Waals surface area contributed by atoms with Gasteiger partial charge in [-0.15, -0.1) is 0 Å². The van der Waals surface area contributed by atoms with Crippen molar-refractivity contribution >= 4 is 58.7 Å². The summed E-state index contributed by atoms with van der Waals surface area (Å²) in [6, 6.07) is -2.40. The second-order valence-corrected chi connectivity index (χ2v) is 16.1. The number of aliphatic imine (C=N–C) groups is 1. The minimum Gasteiger partial charge on any atom is -0.862 e. The van der Waals surface area contributed by atoms with Crippen molar-refractivity contribution in [2.75, 3.05) is 0 Å². The van der Waals surface area contributed by atoms with Crippen LogP contribution in [0.15, 0.2) is 4.99 Å². The summed E-state index contributed by atoms with van der Waals surface area (Å²) in [6.45, 7) is 4.50. The number of rotatable bonds is 42. The van der Waals surface area contributed by atoms with E-state index in [9.17, 15) is 34.2 Å². The number of nitrogens with one attached hydrogen (secondary N) is 1. The maximum Gasteiger partial charge on any atom is 2.00 e. The van der Waals surface area contributed by atoms with Crippen LogP contribution in [-0.4, -0.2) is 86.1 Å². The van der Waals surface area contributed by atoms with Crippen molar-refractivity contribution in [1.82, 2.24) is 5.32 Å². The molecule has 0 spiro atoms. The van der Waals surface area contributed by atoms with Crippen LogP contribution in [-0.2, 0) is 24.0 Å². The van der Waals surface area contributed by atoms with Gasteiger partial charge in [0.1, 0.15) is 12.1 Å². The van der Waals surface area contributed by atoms with Gasteiger partial charge in [-0.3, -0.25) is 14.6 Å². The van der Waals surface area contributed by atoms with Crippen molar-refractivity contribution in [2.24, 2.45) is 4.99 Å². The van der Waals surface area contributed by atoms with Crippen LogP contribution in [0.4, 0.5) is 0 Å². The van der Waals surface area contributed by atoms with Gasteiger partial charge in [-0.25, -0.2) is 9.59 Å². The standard InChI is InChI=1S/2C23H43NO5.Mg/c2*1-2-3-4-5-6-7-8-9-10-11-12-13-14-15-16-17-21(25)24-20(23(28)29)18-19-22(26)27;/h2*20H,2-19H2,1H3,(H,24,25)(H,26,27)(H,28,29);/q;;+2/p-2. The first-order valence-corrected chi connectivity index (χ1v) is 23.3. The third kappa shape index (κ3) is 48.1. The van der Waals surface area contributed by atoms with Gasteiger partial charge in [-0.2, -0.15) is 0 Å². The number of amides is 1. The molecule has 0 heterocycles. The van der Waals surface area contributed by atoms with Gasteiger partial charge in [-0.1, -0.05) is 194 Å². The largest absolute Gasteiger partial charge is 2.00 e. The van der Waals surface area contributed by atoms with Crippen LogP contribution in [0, 0.1) is 0 Å². The van der Waals surface area contributed by atoms with E-state index < -0.39 is 48.3 Å². The second kappa shape index (κ2) is 46.6. The summed E-state index contributed by atoms with van der Waals surface area (Å²) in [5.74, 6) is -5.61. The average Bonchev–Trinajstić information content (AvgIpc) is 3.17. The van der Waals surface area contributed by atoms with Crippen LogP contribution in [0.5, 0.6) is 0 Å². The third-order valence-corrected chi connectivity index (χ3v) is 10.5. The van der Waals surface area contributed by atoms with Crippen molar-refractivity contribution in [1.29, 1.82) is 0 Å². The SMILES string of the molecule is CCCCCCCCCCCCCCCCCC(=O)NC(CCC(=O)O)C(=O)O.CCCCCCCCCCCCCCCCCC([O-])=NC(CCC(=O)[O-])C(=O)O.[Mg+2]. The number of carboxylic acid groups (broad SMARTS) is 4. The molecular weight excluding hydrogens is 765 g/mol.